The van der Waals surface area contributed by atoms with Crippen LogP contribution < -0.4 is 41.7 Å². The second-order valence-electron chi connectivity index (χ2n) is 12.7. The van der Waals surface area contributed by atoms with Crippen LogP contribution in [0.3, 0.4) is 0 Å². The maximum Gasteiger partial charge on any atom is 0.291 e. The lowest BCUT2D eigenvalue weighted by Crippen LogP contribution is -3.25. The van der Waals surface area contributed by atoms with Gasteiger partial charge in [-0.1, -0.05) is 72.8 Å². The van der Waals surface area contributed by atoms with E-state index in [0.717, 1.165) is 83.6 Å². The Balaban J connectivity index is 1.36. The quantitative estimate of drug-likeness (QED) is 0.126. The van der Waals surface area contributed by atoms with E-state index in [1.165, 1.54) is 57.9 Å². The minimum Gasteiger partial charge on any atom is -0.338 e. The predicted octanol–water partition coefficient (Wildman–Crippen LogP) is -5.79. The third-order valence-corrected chi connectivity index (χ3v) is 9.24. The highest BCUT2D eigenvalue weighted by Gasteiger charge is 2.25. The lowest BCUT2D eigenvalue weighted by molar-refractivity contribution is -0.987. The fraction of sp³-hybridized carbons (Fsp3) is 0.389. The standard InChI is InChI=1S/C36H50N8/c1-29-41-27-35-11-7-33(8-12-35)24-38-16-20-43-19-15-37-23-31-3-5-32(6-4-31)26-40-18-22-44(29)30(2)42-28-36-13-9-34(10-14-36)25-39-17-21-43/h3-14,37-42H,1-2,15-28H2/p+8. The van der Waals surface area contributed by atoms with Crippen LogP contribution >= 0.6 is 0 Å². The second kappa shape index (κ2) is 17.3. The topological polar surface area (TPSA) is 109 Å². The third-order valence-electron chi connectivity index (χ3n) is 9.24. The number of nitrogens with two attached hydrogens (primary N) is 6. The number of hydrogen-bond donors (Lipinski definition) is 8. The molecule has 8 nitrogen and oxygen atoms in total. The molecule has 14 N–H and O–H groups in total. The maximum absolute atomic E-state index is 4.53. The lowest BCUT2D eigenvalue weighted by Gasteiger charge is -2.18. The first kappa shape index (κ1) is 32.2. The highest BCUT2D eigenvalue weighted by atomic mass is 15.3. The van der Waals surface area contributed by atoms with E-state index in [1.54, 1.807) is 4.90 Å². The Bertz CT molecular complexity index is 1230. The molecule has 44 heavy (non-hydrogen) atoms. The Kier molecular flexibility index (Phi) is 12.7. The van der Waals surface area contributed by atoms with Crippen LogP contribution in [0.25, 0.3) is 0 Å². The summed E-state index contributed by atoms with van der Waals surface area (Å²) >= 11 is 0. The van der Waals surface area contributed by atoms with Crippen molar-refractivity contribution in [1.29, 1.82) is 0 Å². The van der Waals surface area contributed by atoms with Crippen molar-refractivity contribution < 1.29 is 41.7 Å². The molecule has 0 aromatic heterocycles. The summed E-state index contributed by atoms with van der Waals surface area (Å²) in [5.41, 5.74) is 8.27. The molecule has 8 bridgehead atoms. The molecule has 234 valence electrons. The second-order valence-corrected chi connectivity index (χ2v) is 12.7. The van der Waals surface area contributed by atoms with Gasteiger partial charge in [-0.3, -0.25) is 10.6 Å². The summed E-state index contributed by atoms with van der Waals surface area (Å²) < 4.78 is 0. The average molecular weight is 603 g/mol. The Morgan fingerprint density at radius 1 is 0.386 bits per heavy atom. The first-order valence-corrected chi connectivity index (χ1v) is 16.9. The molecule has 0 amide bonds. The van der Waals surface area contributed by atoms with Gasteiger partial charge in [-0.15, -0.1) is 0 Å². The van der Waals surface area contributed by atoms with Gasteiger partial charge >= 0.3 is 0 Å². The van der Waals surface area contributed by atoms with Crippen molar-refractivity contribution in [2.24, 2.45) is 0 Å². The number of benzene rings is 3. The van der Waals surface area contributed by atoms with Gasteiger partial charge in [-0.2, -0.15) is 4.90 Å². The Hall–Kier alpha value is -3.18. The number of nitrogens with one attached hydrogen (secondary N) is 2. The maximum atomic E-state index is 4.53. The van der Waals surface area contributed by atoms with Crippen molar-refractivity contribution in [1.82, 2.24) is 0 Å². The van der Waals surface area contributed by atoms with Crippen molar-refractivity contribution in [2.45, 2.75) is 39.3 Å². The van der Waals surface area contributed by atoms with Gasteiger partial charge in [0.2, 0.25) is 0 Å². The molecule has 8 heteroatoms. The van der Waals surface area contributed by atoms with Crippen LogP contribution in [0.1, 0.15) is 33.4 Å². The van der Waals surface area contributed by atoms with E-state index < -0.39 is 0 Å². The Morgan fingerprint density at radius 2 is 0.659 bits per heavy atom. The first-order chi connectivity index (χ1) is 21.6. The van der Waals surface area contributed by atoms with Crippen LogP contribution in [-0.2, 0) is 39.3 Å². The van der Waals surface area contributed by atoms with Gasteiger partial charge in [-0.25, -0.2) is 0 Å². The van der Waals surface area contributed by atoms with Gasteiger partial charge in [0, 0.05) is 46.5 Å². The number of hydrogen-bond acceptors (Lipinski definition) is 0. The van der Waals surface area contributed by atoms with E-state index in [1.807, 2.05) is 0 Å². The van der Waals surface area contributed by atoms with E-state index in [2.05, 4.69) is 118 Å². The zero-order valence-electron chi connectivity index (χ0n) is 26.7. The summed E-state index contributed by atoms with van der Waals surface area (Å²) in [5.74, 6) is 2.21. The molecule has 0 aliphatic carbocycles. The van der Waals surface area contributed by atoms with Crippen molar-refractivity contribution in [3.05, 3.63) is 131 Å². The molecular formula is C36H58N8+8. The van der Waals surface area contributed by atoms with Crippen molar-refractivity contribution in [2.75, 3.05) is 52.4 Å². The monoisotopic (exact) mass is 602 g/mol. The summed E-state index contributed by atoms with van der Waals surface area (Å²) in [6.45, 7) is 24.1. The molecule has 0 atom stereocenters. The fourth-order valence-corrected chi connectivity index (χ4v) is 6.31. The third kappa shape index (κ3) is 10.5. The fourth-order valence-electron chi connectivity index (χ4n) is 6.31. The van der Waals surface area contributed by atoms with Crippen LogP contribution in [0.2, 0.25) is 0 Å². The first-order valence-electron chi connectivity index (χ1n) is 16.9. The molecule has 12 heterocycles. The minimum absolute atomic E-state index is 0.892. The molecule has 0 spiro atoms. The van der Waals surface area contributed by atoms with Crippen LogP contribution in [0, 0.1) is 0 Å². The molecule has 3 aromatic rings. The smallest absolute Gasteiger partial charge is 0.291 e. The van der Waals surface area contributed by atoms with Gasteiger partial charge in [0.15, 0.2) is 0 Å². The highest BCUT2D eigenvalue weighted by Crippen LogP contribution is 2.03. The molecular weight excluding hydrogens is 544 g/mol. The van der Waals surface area contributed by atoms with Crippen LogP contribution in [0.4, 0.5) is 0 Å². The zero-order valence-corrected chi connectivity index (χ0v) is 26.7. The summed E-state index contributed by atoms with van der Waals surface area (Å²) in [7, 11) is 0. The Morgan fingerprint density at radius 3 is 0.977 bits per heavy atom. The number of rotatable bonds is 0. The van der Waals surface area contributed by atoms with Gasteiger partial charge in [0.1, 0.15) is 91.6 Å². The SMILES string of the molecule is C=C1[NH2+]Cc2ccc(cc2)C[NH2+]CC[NH+]2CC[NH2+]Cc3ccc(cc3)C[NH2+]CC[NH+]1C(=C)[NH2+]Cc1ccc(cc1)C[NH2+]CC2. The van der Waals surface area contributed by atoms with Crippen LogP contribution in [0.15, 0.2) is 97.6 Å². The van der Waals surface area contributed by atoms with Gasteiger partial charge in [0.05, 0.1) is 0 Å². The summed E-state index contributed by atoms with van der Waals surface area (Å²) in [6, 6.07) is 27.6. The van der Waals surface area contributed by atoms with E-state index in [0.29, 0.717) is 0 Å². The molecule has 12 aliphatic heterocycles. The normalized spacial score (nSPS) is 22.2. The van der Waals surface area contributed by atoms with Crippen molar-refractivity contribution >= 4 is 0 Å². The largest absolute Gasteiger partial charge is 0.338 e. The summed E-state index contributed by atoms with van der Waals surface area (Å²) in [5, 5.41) is 14.5. The summed E-state index contributed by atoms with van der Waals surface area (Å²) in [6.07, 6.45) is 0. The highest BCUT2D eigenvalue weighted by molar-refractivity contribution is 5.22. The minimum atomic E-state index is 0.892. The van der Waals surface area contributed by atoms with Crippen LogP contribution in [0.5, 0.6) is 0 Å². The van der Waals surface area contributed by atoms with Crippen molar-refractivity contribution in [3.8, 4) is 0 Å². The van der Waals surface area contributed by atoms with Gasteiger partial charge < -0.3 is 26.2 Å². The molecule has 15 rings (SSSR count). The van der Waals surface area contributed by atoms with E-state index in [9.17, 15) is 0 Å². The number of quaternary nitrogens is 8. The zero-order chi connectivity index (χ0) is 30.4. The lowest BCUT2D eigenvalue weighted by atomic mass is 10.1. The molecule has 3 aromatic carbocycles. The van der Waals surface area contributed by atoms with Gasteiger partial charge in [-0.05, 0) is 0 Å². The van der Waals surface area contributed by atoms with E-state index in [4.69, 9.17) is 0 Å². The molecule has 0 unspecified atom stereocenters. The van der Waals surface area contributed by atoms with Crippen molar-refractivity contribution in [3.63, 3.8) is 0 Å². The average Bonchev–Trinajstić information content (AvgIpc) is 3.05. The van der Waals surface area contributed by atoms with Crippen LogP contribution in [-0.4, -0.2) is 52.4 Å². The molecule has 0 radical (unpaired) electrons. The summed E-state index contributed by atoms with van der Waals surface area (Å²) in [4.78, 5) is 2.99. The molecule has 0 saturated carbocycles. The van der Waals surface area contributed by atoms with E-state index >= 15 is 0 Å². The molecule has 12 aliphatic rings. The molecule has 0 fully saturated rings. The van der Waals surface area contributed by atoms with Gasteiger partial charge in [0.25, 0.3) is 11.6 Å². The Labute approximate surface area is 264 Å². The van der Waals surface area contributed by atoms with E-state index in [-0.39, 0.29) is 0 Å². The predicted molar refractivity (Wildman–Crippen MR) is 172 cm³/mol. The molecule has 0 saturated heterocycles.